The van der Waals surface area contributed by atoms with E-state index in [1.165, 1.54) is 12.7 Å². The first-order valence-electron chi connectivity index (χ1n) is 7.41. The monoisotopic (exact) mass is 298 g/mol. The van der Waals surface area contributed by atoms with Gasteiger partial charge in [-0.2, -0.15) is 5.26 Å². The molecule has 1 fully saturated rings. The number of hydrogen-bond acceptors (Lipinski definition) is 4. The van der Waals surface area contributed by atoms with Gasteiger partial charge in [0.2, 0.25) is 0 Å². The lowest BCUT2D eigenvalue weighted by molar-refractivity contribution is 0.0600. The molecule has 3 heterocycles. The Labute approximate surface area is 129 Å². The number of esters is 1. The van der Waals surface area contributed by atoms with Crippen LogP contribution in [0.2, 0.25) is 0 Å². The molecular weight excluding hydrogens is 280 g/mol. The second-order valence-electron chi connectivity index (χ2n) is 5.47. The summed E-state index contributed by atoms with van der Waals surface area (Å²) in [5.41, 5.74) is 3.33. The van der Waals surface area contributed by atoms with Crippen molar-refractivity contribution in [2.24, 2.45) is 0 Å². The molecular formula is C17H18N2O3. The Morgan fingerprint density at radius 1 is 1.45 bits per heavy atom. The van der Waals surface area contributed by atoms with Crippen LogP contribution in [0, 0.1) is 11.3 Å². The Morgan fingerprint density at radius 2 is 2.23 bits per heavy atom. The van der Waals surface area contributed by atoms with Gasteiger partial charge in [0.05, 0.1) is 30.9 Å². The van der Waals surface area contributed by atoms with Crippen LogP contribution in [-0.2, 0) is 15.9 Å². The van der Waals surface area contributed by atoms with Gasteiger partial charge in [-0.15, -0.1) is 0 Å². The van der Waals surface area contributed by atoms with Gasteiger partial charge in [-0.25, -0.2) is 4.79 Å². The number of carbonyl (C=O) groups is 1. The lowest BCUT2D eigenvalue weighted by Gasteiger charge is -2.22. The molecule has 0 aromatic carbocycles. The third-order valence-electron chi connectivity index (χ3n) is 4.25. The number of carbonyl (C=O) groups excluding carboxylic acids is 1. The first kappa shape index (κ1) is 14.6. The molecule has 0 unspecified atom stereocenters. The summed E-state index contributed by atoms with van der Waals surface area (Å²) in [5, 5.41) is 9.01. The normalized spacial score (nSPS) is 15.6. The summed E-state index contributed by atoms with van der Waals surface area (Å²) in [6, 6.07) is 8.10. The minimum absolute atomic E-state index is 0.176. The molecule has 2 aromatic rings. The number of hydrogen-bond donors (Lipinski definition) is 0. The highest BCUT2D eigenvalue weighted by molar-refractivity contribution is 5.93. The Hall–Kier alpha value is -2.32. The van der Waals surface area contributed by atoms with Gasteiger partial charge in [0.25, 0.3) is 0 Å². The molecule has 0 N–H and O–H groups in total. The maximum atomic E-state index is 11.9. The van der Waals surface area contributed by atoms with Gasteiger partial charge >= 0.3 is 5.97 Å². The van der Waals surface area contributed by atoms with E-state index in [1.54, 1.807) is 6.07 Å². The van der Waals surface area contributed by atoms with E-state index < -0.39 is 5.97 Å². The van der Waals surface area contributed by atoms with Gasteiger partial charge < -0.3 is 13.9 Å². The average molecular weight is 298 g/mol. The van der Waals surface area contributed by atoms with E-state index in [1.807, 2.05) is 10.6 Å². The van der Waals surface area contributed by atoms with Gasteiger partial charge in [-0.1, -0.05) is 0 Å². The van der Waals surface area contributed by atoms with Crippen molar-refractivity contribution in [2.75, 3.05) is 20.3 Å². The summed E-state index contributed by atoms with van der Waals surface area (Å²) >= 11 is 0. The van der Waals surface area contributed by atoms with E-state index in [9.17, 15) is 4.79 Å². The molecule has 0 radical (unpaired) electrons. The van der Waals surface area contributed by atoms with Crippen LogP contribution in [0.15, 0.2) is 24.4 Å². The summed E-state index contributed by atoms with van der Waals surface area (Å²) in [5.74, 6) is 0.0937. The fourth-order valence-electron chi connectivity index (χ4n) is 3.08. The number of rotatable bonds is 3. The molecule has 0 spiro atoms. The second kappa shape index (κ2) is 6.20. The molecule has 114 valence electrons. The number of ether oxygens (including phenoxy) is 2. The van der Waals surface area contributed by atoms with Gasteiger partial charge in [-0.05, 0) is 42.5 Å². The molecule has 22 heavy (non-hydrogen) atoms. The fraction of sp³-hybridized carbons (Fsp3) is 0.412. The Balaban J connectivity index is 2.05. The molecule has 1 aliphatic heterocycles. The van der Waals surface area contributed by atoms with Crippen molar-refractivity contribution in [2.45, 2.75) is 25.2 Å². The Kier molecular flexibility index (Phi) is 4.12. The highest BCUT2D eigenvalue weighted by Gasteiger charge is 2.20. The molecule has 1 aliphatic rings. The maximum absolute atomic E-state index is 11.9. The van der Waals surface area contributed by atoms with Crippen LogP contribution in [0.25, 0.3) is 5.52 Å². The first-order valence-corrected chi connectivity index (χ1v) is 7.41. The van der Waals surface area contributed by atoms with Crippen LogP contribution >= 0.6 is 0 Å². The summed E-state index contributed by atoms with van der Waals surface area (Å²) < 4.78 is 12.1. The predicted octanol–water partition coefficient (Wildman–Crippen LogP) is 2.69. The van der Waals surface area contributed by atoms with Crippen LogP contribution in [0.3, 0.4) is 0 Å². The largest absolute Gasteiger partial charge is 0.465 e. The second-order valence-corrected chi connectivity index (χ2v) is 5.47. The van der Waals surface area contributed by atoms with Gasteiger partial charge in [0.15, 0.2) is 0 Å². The number of nitrogens with zero attached hydrogens (tertiary/aromatic N) is 2. The summed E-state index contributed by atoms with van der Waals surface area (Å²) in [6.45, 7) is 1.59. The molecule has 0 amide bonds. The molecule has 0 aliphatic carbocycles. The molecule has 0 atom stereocenters. The van der Waals surface area contributed by atoms with E-state index in [2.05, 4.69) is 18.2 Å². The minimum atomic E-state index is -0.401. The number of aromatic nitrogens is 1. The molecule has 5 heteroatoms. The summed E-state index contributed by atoms with van der Waals surface area (Å²) in [4.78, 5) is 11.9. The molecule has 1 saturated heterocycles. The zero-order chi connectivity index (χ0) is 15.5. The topological polar surface area (TPSA) is 63.7 Å². The maximum Gasteiger partial charge on any atom is 0.339 e. The quantitative estimate of drug-likeness (QED) is 0.817. The van der Waals surface area contributed by atoms with Crippen molar-refractivity contribution in [1.29, 1.82) is 5.26 Å². The highest BCUT2D eigenvalue weighted by Crippen LogP contribution is 2.29. The van der Waals surface area contributed by atoms with Gasteiger partial charge in [-0.3, -0.25) is 0 Å². The van der Waals surface area contributed by atoms with Gasteiger partial charge in [0, 0.05) is 24.9 Å². The zero-order valence-electron chi connectivity index (χ0n) is 12.5. The van der Waals surface area contributed by atoms with Crippen LogP contribution in [0.5, 0.6) is 0 Å². The SMILES string of the molecule is COC(=O)c1cc2cc(C3CCOCC3)ccn2c1CC#N. The lowest BCUT2D eigenvalue weighted by atomic mass is 9.92. The van der Waals surface area contributed by atoms with E-state index in [0.29, 0.717) is 17.2 Å². The van der Waals surface area contributed by atoms with Crippen LogP contribution in [-0.4, -0.2) is 30.7 Å². The number of fused-ring (bicyclic) bond motifs is 1. The van der Waals surface area contributed by atoms with Crippen molar-refractivity contribution < 1.29 is 14.3 Å². The smallest absolute Gasteiger partial charge is 0.339 e. The standard InChI is InChI=1S/C17H18N2O3/c1-21-17(20)15-11-14-10-13(12-4-8-22-9-5-12)3-7-19(14)16(15)2-6-18/h3,7,10-12H,2,4-5,8-9H2,1H3. The van der Waals surface area contributed by atoms with Crippen LogP contribution < -0.4 is 0 Å². The summed E-state index contributed by atoms with van der Waals surface area (Å²) in [6.07, 6.45) is 4.16. The number of pyridine rings is 1. The van der Waals surface area contributed by atoms with E-state index in [0.717, 1.165) is 31.6 Å². The van der Waals surface area contributed by atoms with E-state index in [-0.39, 0.29) is 6.42 Å². The Morgan fingerprint density at radius 3 is 2.91 bits per heavy atom. The highest BCUT2D eigenvalue weighted by atomic mass is 16.5. The predicted molar refractivity (Wildman–Crippen MR) is 80.8 cm³/mol. The molecule has 2 aromatic heterocycles. The van der Waals surface area contributed by atoms with Crippen LogP contribution in [0.1, 0.15) is 40.4 Å². The third kappa shape index (κ3) is 2.58. The van der Waals surface area contributed by atoms with Crippen molar-refractivity contribution in [3.05, 3.63) is 41.2 Å². The number of nitriles is 1. The lowest BCUT2D eigenvalue weighted by Crippen LogP contribution is -2.14. The molecule has 5 nitrogen and oxygen atoms in total. The fourth-order valence-corrected chi connectivity index (χ4v) is 3.08. The van der Waals surface area contributed by atoms with Crippen molar-refractivity contribution in [3.63, 3.8) is 0 Å². The van der Waals surface area contributed by atoms with E-state index >= 15 is 0 Å². The molecule has 0 saturated carbocycles. The van der Waals surface area contributed by atoms with Crippen molar-refractivity contribution >= 4 is 11.5 Å². The van der Waals surface area contributed by atoms with Crippen molar-refractivity contribution in [1.82, 2.24) is 4.40 Å². The average Bonchev–Trinajstić information content (AvgIpc) is 2.93. The minimum Gasteiger partial charge on any atom is -0.465 e. The molecule has 3 rings (SSSR count). The van der Waals surface area contributed by atoms with Gasteiger partial charge in [0.1, 0.15) is 0 Å². The van der Waals surface area contributed by atoms with Crippen LogP contribution in [0.4, 0.5) is 0 Å². The van der Waals surface area contributed by atoms with E-state index in [4.69, 9.17) is 14.7 Å². The first-order chi connectivity index (χ1) is 10.7. The zero-order valence-corrected chi connectivity index (χ0v) is 12.5. The Bertz CT molecular complexity index is 736. The molecule has 0 bridgehead atoms. The number of methoxy groups -OCH3 is 1. The summed E-state index contributed by atoms with van der Waals surface area (Å²) in [7, 11) is 1.36. The third-order valence-corrected chi connectivity index (χ3v) is 4.25. The van der Waals surface area contributed by atoms with Crippen molar-refractivity contribution in [3.8, 4) is 6.07 Å².